The Kier molecular flexibility index (Phi) is 7.17. The number of rotatable bonds is 7. The van der Waals surface area contributed by atoms with Gasteiger partial charge in [0.2, 0.25) is 0 Å². The summed E-state index contributed by atoms with van der Waals surface area (Å²) in [5.74, 6) is 2.94. The molecule has 178 valence electrons. The summed E-state index contributed by atoms with van der Waals surface area (Å²) in [5.41, 5.74) is 1.61. The van der Waals surface area contributed by atoms with E-state index in [4.69, 9.17) is 25.9 Å². The van der Waals surface area contributed by atoms with Crippen molar-refractivity contribution >= 4 is 40.0 Å². The Bertz CT molecular complexity index is 1250. The summed E-state index contributed by atoms with van der Waals surface area (Å²) in [7, 11) is 1.55. The molecule has 1 aliphatic heterocycles. The van der Waals surface area contributed by atoms with E-state index in [1.165, 1.54) is 18.5 Å². The van der Waals surface area contributed by atoms with Gasteiger partial charge in [0.05, 0.1) is 23.8 Å². The number of halogens is 2. The number of anilines is 2. The molecule has 0 bridgehead atoms. The minimum Gasteiger partial charge on any atom is -0.493 e. The van der Waals surface area contributed by atoms with Crippen LogP contribution in [0.15, 0.2) is 42.4 Å². The fourth-order valence-electron chi connectivity index (χ4n) is 3.69. The van der Waals surface area contributed by atoms with Gasteiger partial charge >= 0.3 is 0 Å². The lowest BCUT2D eigenvalue weighted by Crippen LogP contribution is -2.38. The van der Waals surface area contributed by atoms with Crippen LogP contribution in [-0.2, 0) is 9.63 Å². The molecule has 4 rings (SSSR count). The lowest BCUT2D eigenvalue weighted by Gasteiger charge is -2.34. The van der Waals surface area contributed by atoms with Gasteiger partial charge < -0.3 is 14.8 Å². The van der Waals surface area contributed by atoms with Gasteiger partial charge in [0.15, 0.2) is 11.5 Å². The maximum absolute atomic E-state index is 13.5. The third-order valence-electron chi connectivity index (χ3n) is 5.23. The van der Waals surface area contributed by atoms with E-state index >= 15 is 0 Å². The average Bonchev–Trinajstić information content (AvgIpc) is 2.82. The Morgan fingerprint density at radius 3 is 2.76 bits per heavy atom. The number of piperidine rings is 1. The minimum atomic E-state index is -0.506. The highest BCUT2D eigenvalue weighted by atomic mass is 35.5. The Morgan fingerprint density at radius 2 is 2.06 bits per heavy atom. The number of nitrogens with one attached hydrogen (secondary N) is 1. The largest absolute Gasteiger partial charge is 0.493 e. The number of hydroxylamine groups is 2. The molecule has 0 amide bonds. The van der Waals surface area contributed by atoms with Gasteiger partial charge in [-0.1, -0.05) is 11.6 Å². The Labute approximate surface area is 201 Å². The normalized spacial score (nSPS) is 16.0. The summed E-state index contributed by atoms with van der Waals surface area (Å²) < 4.78 is 25.3. The first-order chi connectivity index (χ1) is 16.4. The maximum Gasteiger partial charge on any atom is 0.162 e. The molecule has 0 aliphatic carbocycles. The Hall–Kier alpha value is -3.39. The van der Waals surface area contributed by atoms with Crippen molar-refractivity contribution in [3.63, 3.8) is 0 Å². The Morgan fingerprint density at radius 1 is 1.24 bits per heavy atom. The fraction of sp³-hybridized carbons (Fsp3) is 0.333. The van der Waals surface area contributed by atoms with Crippen LogP contribution in [0.4, 0.5) is 15.9 Å². The van der Waals surface area contributed by atoms with Crippen molar-refractivity contribution in [3.8, 4) is 11.5 Å². The van der Waals surface area contributed by atoms with Crippen molar-refractivity contribution < 1.29 is 23.5 Å². The van der Waals surface area contributed by atoms with Gasteiger partial charge in [-0.05, 0) is 38.1 Å². The lowest BCUT2D eigenvalue weighted by molar-refractivity contribution is -0.175. The molecule has 1 fully saturated rings. The Balaban J connectivity index is 1.62. The fourth-order valence-corrected chi connectivity index (χ4v) is 3.87. The van der Waals surface area contributed by atoms with Crippen LogP contribution < -0.4 is 14.8 Å². The quantitative estimate of drug-likeness (QED) is 0.463. The molecule has 34 heavy (non-hydrogen) atoms. The molecule has 1 unspecified atom stereocenters. The molecule has 10 heteroatoms. The number of ether oxygens (including phenoxy) is 2. The first-order valence-corrected chi connectivity index (χ1v) is 11.2. The van der Waals surface area contributed by atoms with Crippen molar-refractivity contribution in [2.24, 2.45) is 0 Å². The van der Waals surface area contributed by atoms with Gasteiger partial charge in [-0.2, -0.15) is 0 Å². The smallest absolute Gasteiger partial charge is 0.162 e. The van der Waals surface area contributed by atoms with Crippen LogP contribution in [0.1, 0.15) is 26.7 Å². The summed E-state index contributed by atoms with van der Waals surface area (Å²) in [6.07, 6.45) is 2.09. The predicted molar refractivity (Wildman–Crippen MR) is 127 cm³/mol. The van der Waals surface area contributed by atoms with Crippen LogP contribution in [0.5, 0.6) is 11.5 Å². The van der Waals surface area contributed by atoms with Gasteiger partial charge in [-0.25, -0.2) is 24.2 Å². The number of hydrogen-bond acceptors (Lipinski definition) is 8. The van der Waals surface area contributed by atoms with Crippen molar-refractivity contribution in [2.75, 3.05) is 19.0 Å². The molecule has 2 heterocycles. The molecule has 0 radical (unpaired) electrons. The molecule has 1 N–H and O–H groups in total. The molecular formula is C24H24ClFN4O4. The van der Waals surface area contributed by atoms with E-state index in [0.717, 1.165) is 0 Å². The zero-order valence-electron chi connectivity index (χ0n) is 19.0. The van der Waals surface area contributed by atoms with Crippen molar-refractivity contribution in [3.05, 3.63) is 53.2 Å². The number of benzene rings is 2. The molecule has 3 aromatic rings. The van der Waals surface area contributed by atoms with E-state index in [9.17, 15) is 9.18 Å². The standard InChI is InChI=1S/C24H24ClFN4O4/c1-14(2)34-30-7-6-17(9-16(30)12-31)33-23-10-18-21(11-22(23)32-3)27-13-28-24(18)29-15-4-5-20(26)19(25)8-15/h4-5,8,10-11,13-14,17H,6-7,9H2,1-3H3,(H,27,28,29). The number of aromatic nitrogens is 2. The lowest BCUT2D eigenvalue weighted by atomic mass is 10.1. The van der Waals surface area contributed by atoms with E-state index in [1.54, 1.807) is 30.4 Å². The summed E-state index contributed by atoms with van der Waals surface area (Å²) in [5, 5.41) is 5.40. The van der Waals surface area contributed by atoms with Crippen LogP contribution in [-0.4, -0.2) is 46.8 Å². The van der Waals surface area contributed by atoms with E-state index in [0.29, 0.717) is 59.0 Å². The van der Waals surface area contributed by atoms with Gasteiger partial charge in [0.1, 0.15) is 35.7 Å². The van der Waals surface area contributed by atoms with Crippen LogP contribution in [0.25, 0.3) is 10.9 Å². The second kappa shape index (κ2) is 10.3. The van der Waals surface area contributed by atoms with Crippen LogP contribution in [0.2, 0.25) is 5.02 Å². The first kappa shape index (κ1) is 23.8. The molecule has 1 atom stereocenters. The van der Waals surface area contributed by atoms with E-state index in [1.807, 2.05) is 19.8 Å². The van der Waals surface area contributed by atoms with Gasteiger partial charge in [0, 0.05) is 36.5 Å². The molecule has 0 saturated carbocycles. The molecular weight excluding hydrogens is 463 g/mol. The average molecular weight is 487 g/mol. The van der Waals surface area contributed by atoms with Gasteiger partial charge in [-0.3, -0.25) is 4.84 Å². The summed E-state index contributed by atoms with van der Waals surface area (Å²) in [6, 6.07) is 7.85. The highest BCUT2D eigenvalue weighted by molar-refractivity contribution is 6.31. The van der Waals surface area contributed by atoms with Crippen LogP contribution in [0.3, 0.4) is 0 Å². The van der Waals surface area contributed by atoms with Crippen molar-refractivity contribution in [1.82, 2.24) is 15.0 Å². The molecule has 0 spiro atoms. The molecule has 1 saturated heterocycles. The predicted octanol–water partition coefficient (Wildman–Crippen LogP) is 5.07. The zero-order chi connectivity index (χ0) is 24.2. The van der Waals surface area contributed by atoms with E-state index < -0.39 is 5.82 Å². The summed E-state index contributed by atoms with van der Waals surface area (Å²) in [4.78, 5) is 25.8. The molecule has 2 aromatic carbocycles. The number of nitrogens with zero attached hydrogens (tertiary/aromatic N) is 3. The summed E-state index contributed by atoms with van der Waals surface area (Å²) >= 11 is 5.91. The third-order valence-corrected chi connectivity index (χ3v) is 5.52. The maximum atomic E-state index is 13.5. The second-order valence-corrected chi connectivity index (χ2v) is 8.44. The molecule has 8 nitrogen and oxygen atoms in total. The van der Waals surface area contributed by atoms with Crippen LogP contribution >= 0.6 is 11.6 Å². The zero-order valence-corrected chi connectivity index (χ0v) is 19.7. The number of hydrogen-bond donors (Lipinski definition) is 1. The monoisotopic (exact) mass is 486 g/mol. The van der Waals surface area contributed by atoms with E-state index in [-0.39, 0.29) is 17.2 Å². The van der Waals surface area contributed by atoms with E-state index in [2.05, 4.69) is 15.3 Å². The SMILES string of the molecule is COc1cc2ncnc(Nc3ccc(F)c(Cl)c3)c2cc1OC1CCN(OC(C)C)C(=C=O)C1. The molecule has 1 aliphatic rings. The van der Waals surface area contributed by atoms with Crippen molar-refractivity contribution in [1.29, 1.82) is 0 Å². The number of fused-ring (bicyclic) bond motifs is 1. The summed E-state index contributed by atoms with van der Waals surface area (Å²) in [6.45, 7) is 4.31. The minimum absolute atomic E-state index is 0.000814. The van der Waals surface area contributed by atoms with Crippen molar-refractivity contribution in [2.45, 2.75) is 38.9 Å². The first-order valence-electron chi connectivity index (χ1n) is 10.8. The highest BCUT2D eigenvalue weighted by Crippen LogP contribution is 2.37. The number of methoxy groups -OCH3 is 1. The second-order valence-electron chi connectivity index (χ2n) is 8.03. The van der Waals surface area contributed by atoms with Gasteiger partial charge in [0.25, 0.3) is 0 Å². The number of carbonyl (C=O) groups excluding carboxylic acids is 1. The van der Waals surface area contributed by atoms with Crippen LogP contribution in [0, 0.1) is 5.82 Å². The molecule has 1 aromatic heterocycles. The van der Waals surface area contributed by atoms with Gasteiger partial charge in [-0.15, -0.1) is 0 Å². The highest BCUT2D eigenvalue weighted by Gasteiger charge is 2.28. The third kappa shape index (κ3) is 5.22. The topological polar surface area (TPSA) is 85.8 Å².